The van der Waals surface area contributed by atoms with Gasteiger partial charge < -0.3 is 15.1 Å². The molecule has 0 aromatic rings. The number of carboxylic acid groups (broad SMARTS) is 1. The predicted molar refractivity (Wildman–Crippen MR) is 76.6 cm³/mol. The number of thioether (sulfide) groups is 1. The van der Waals surface area contributed by atoms with Gasteiger partial charge in [0, 0.05) is 31.4 Å². The van der Waals surface area contributed by atoms with Gasteiger partial charge >= 0.3 is 12.0 Å². The van der Waals surface area contributed by atoms with E-state index in [9.17, 15) is 14.7 Å². The van der Waals surface area contributed by atoms with Crippen molar-refractivity contribution in [1.82, 2.24) is 9.80 Å². The van der Waals surface area contributed by atoms with Crippen LogP contribution in [0.1, 0.15) is 26.2 Å². The van der Waals surface area contributed by atoms with Crippen LogP contribution < -0.4 is 0 Å². The number of aliphatic carboxylic acids is 1. The molecule has 0 bridgehead atoms. The fourth-order valence-corrected chi connectivity index (χ4v) is 4.31. The van der Waals surface area contributed by atoms with Crippen LogP contribution in [-0.2, 0) is 4.79 Å². The monoisotopic (exact) mass is 302 g/mol. The Morgan fingerprint density at radius 3 is 2.70 bits per heavy atom. The van der Waals surface area contributed by atoms with Crippen molar-refractivity contribution < 1.29 is 19.8 Å². The summed E-state index contributed by atoms with van der Waals surface area (Å²) < 4.78 is 0. The number of likely N-dealkylation sites (tertiary alicyclic amines) is 1. The summed E-state index contributed by atoms with van der Waals surface area (Å²) >= 11 is 1.55. The zero-order chi connectivity index (χ0) is 14.7. The van der Waals surface area contributed by atoms with E-state index < -0.39 is 12.0 Å². The summed E-state index contributed by atoms with van der Waals surface area (Å²) in [6.45, 7) is 3.26. The van der Waals surface area contributed by atoms with E-state index in [1.165, 1.54) is 4.90 Å². The number of aliphatic hydroxyl groups excluding tert-OH is 1. The molecule has 114 valence electrons. The van der Waals surface area contributed by atoms with Crippen molar-refractivity contribution in [2.45, 2.75) is 37.6 Å². The van der Waals surface area contributed by atoms with Gasteiger partial charge in [-0.1, -0.05) is 13.3 Å². The molecule has 0 aromatic carbocycles. The number of rotatable bonds is 4. The molecule has 20 heavy (non-hydrogen) atoms. The Morgan fingerprint density at radius 1 is 1.40 bits per heavy atom. The van der Waals surface area contributed by atoms with Crippen LogP contribution >= 0.6 is 11.8 Å². The number of hydrogen-bond acceptors (Lipinski definition) is 4. The van der Waals surface area contributed by atoms with Gasteiger partial charge in [0.15, 0.2) is 0 Å². The van der Waals surface area contributed by atoms with Crippen LogP contribution in [0.2, 0.25) is 0 Å². The second-order valence-corrected chi connectivity index (χ2v) is 6.61. The first-order valence-corrected chi connectivity index (χ1v) is 8.15. The minimum absolute atomic E-state index is 0.0400. The number of nitrogens with zero attached hydrogens (tertiary/aromatic N) is 2. The van der Waals surface area contributed by atoms with Gasteiger partial charge in [0.2, 0.25) is 0 Å². The van der Waals surface area contributed by atoms with Gasteiger partial charge in [0.1, 0.15) is 6.04 Å². The van der Waals surface area contributed by atoms with Crippen molar-refractivity contribution in [2.75, 3.05) is 25.4 Å². The van der Waals surface area contributed by atoms with Gasteiger partial charge in [-0.05, 0) is 12.8 Å². The van der Waals surface area contributed by atoms with Crippen LogP contribution in [0.25, 0.3) is 0 Å². The average Bonchev–Trinajstić information content (AvgIpc) is 3.04. The summed E-state index contributed by atoms with van der Waals surface area (Å²) in [5, 5.41) is 18.4. The molecule has 2 heterocycles. The average molecular weight is 302 g/mol. The van der Waals surface area contributed by atoms with Crippen molar-refractivity contribution in [2.24, 2.45) is 5.92 Å². The Bertz CT molecular complexity index is 379. The van der Waals surface area contributed by atoms with E-state index in [4.69, 9.17) is 5.11 Å². The molecule has 2 aliphatic rings. The maximum absolute atomic E-state index is 12.6. The molecule has 0 radical (unpaired) electrons. The predicted octanol–water partition coefficient (Wildman–Crippen LogP) is 1.05. The summed E-state index contributed by atoms with van der Waals surface area (Å²) in [4.78, 5) is 27.2. The first-order valence-electron chi connectivity index (χ1n) is 7.11. The van der Waals surface area contributed by atoms with E-state index in [2.05, 4.69) is 0 Å². The van der Waals surface area contributed by atoms with Crippen LogP contribution in [0, 0.1) is 5.92 Å². The molecule has 7 heteroatoms. The SMILES string of the molecule is CCCC1SCC(C(=O)O)N1C(=O)N1CCC(CO)C1. The number of carboxylic acids is 1. The Morgan fingerprint density at radius 2 is 2.15 bits per heavy atom. The van der Waals surface area contributed by atoms with Crippen molar-refractivity contribution in [3.05, 3.63) is 0 Å². The number of hydrogen-bond donors (Lipinski definition) is 2. The van der Waals surface area contributed by atoms with Gasteiger partial charge in [0.25, 0.3) is 0 Å². The Balaban J connectivity index is 2.09. The van der Waals surface area contributed by atoms with Crippen LogP contribution in [0.4, 0.5) is 4.79 Å². The maximum atomic E-state index is 12.6. The number of aliphatic hydroxyl groups is 1. The summed E-state index contributed by atoms with van der Waals surface area (Å²) in [5.41, 5.74) is 0. The van der Waals surface area contributed by atoms with E-state index in [1.807, 2.05) is 6.92 Å². The minimum Gasteiger partial charge on any atom is -0.480 e. The molecule has 2 N–H and O–H groups in total. The van der Waals surface area contributed by atoms with E-state index in [0.717, 1.165) is 19.3 Å². The summed E-state index contributed by atoms with van der Waals surface area (Å²) in [5.74, 6) is -0.340. The third kappa shape index (κ3) is 3.03. The van der Waals surface area contributed by atoms with E-state index in [0.29, 0.717) is 18.8 Å². The highest BCUT2D eigenvalue weighted by Crippen LogP contribution is 2.34. The van der Waals surface area contributed by atoms with Crippen molar-refractivity contribution >= 4 is 23.8 Å². The molecule has 3 atom stereocenters. The van der Waals surface area contributed by atoms with Crippen LogP contribution in [-0.4, -0.2) is 68.9 Å². The zero-order valence-corrected chi connectivity index (χ0v) is 12.5. The molecular formula is C13H22N2O4S. The highest BCUT2D eigenvalue weighted by molar-refractivity contribution is 8.00. The molecule has 2 saturated heterocycles. The largest absolute Gasteiger partial charge is 0.480 e. The Hall–Kier alpha value is -0.950. The fraction of sp³-hybridized carbons (Fsp3) is 0.846. The molecule has 0 aromatic heterocycles. The van der Waals surface area contributed by atoms with Gasteiger partial charge in [-0.2, -0.15) is 0 Å². The molecule has 0 saturated carbocycles. The lowest BCUT2D eigenvalue weighted by atomic mass is 10.1. The quantitative estimate of drug-likeness (QED) is 0.811. The molecule has 3 unspecified atom stereocenters. The maximum Gasteiger partial charge on any atom is 0.327 e. The Kier molecular flexibility index (Phi) is 5.15. The molecule has 2 fully saturated rings. The zero-order valence-electron chi connectivity index (χ0n) is 11.7. The number of carbonyl (C=O) groups is 2. The highest BCUT2D eigenvalue weighted by Gasteiger charge is 2.43. The third-order valence-electron chi connectivity index (χ3n) is 3.95. The Labute approximate surface area is 123 Å². The lowest BCUT2D eigenvalue weighted by Gasteiger charge is -2.31. The second-order valence-electron chi connectivity index (χ2n) is 5.40. The lowest BCUT2D eigenvalue weighted by molar-refractivity contribution is -0.141. The smallest absolute Gasteiger partial charge is 0.327 e. The molecular weight excluding hydrogens is 280 g/mol. The normalized spacial score (nSPS) is 30.0. The molecule has 6 nitrogen and oxygen atoms in total. The van der Waals surface area contributed by atoms with E-state index >= 15 is 0 Å². The summed E-state index contributed by atoms with van der Waals surface area (Å²) in [6, 6.07) is -0.908. The molecule has 2 rings (SSSR count). The lowest BCUT2D eigenvalue weighted by Crippen LogP contribution is -2.51. The van der Waals surface area contributed by atoms with E-state index in [-0.39, 0.29) is 23.9 Å². The summed E-state index contributed by atoms with van der Waals surface area (Å²) in [7, 11) is 0. The minimum atomic E-state index is -0.928. The van der Waals surface area contributed by atoms with Crippen molar-refractivity contribution in [1.29, 1.82) is 0 Å². The number of carbonyl (C=O) groups excluding carboxylic acids is 1. The standard InChI is InChI=1S/C13H22N2O4S/c1-2-3-11-15(10(8-20-11)12(17)18)13(19)14-5-4-9(6-14)7-16/h9-11,16H,2-8H2,1H3,(H,17,18). The van der Waals surface area contributed by atoms with E-state index in [1.54, 1.807) is 16.7 Å². The summed E-state index contributed by atoms with van der Waals surface area (Å²) in [6.07, 6.45) is 2.53. The molecule has 0 spiro atoms. The number of urea groups is 1. The third-order valence-corrected chi connectivity index (χ3v) is 5.30. The molecule has 2 aliphatic heterocycles. The first kappa shape index (κ1) is 15.4. The highest BCUT2D eigenvalue weighted by atomic mass is 32.2. The topological polar surface area (TPSA) is 81.1 Å². The van der Waals surface area contributed by atoms with Crippen LogP contribution in [0.5, 0.6) is 0 Å². The molecule has 2 amide bonds. The number of amides is 2. The second kappa shape index (κ2) is 6.67. The molecule has 0 aliphatic carbocycles. The fourth-order valence-electron chi connectivity index (χ4n) is 2.80. The van der Waals surface area contributed by atoms with Gasteiger partial charge in [-0.25, -0.2) is 9.59 Å². The first-order chi connectivity index (χ1) is 9.58. The van der Waals surface area contributed by atoms with Gasteiger partial charge in [-0.15, -0.1) is 11.8 Å². The van der Waals surface area contributed by atoms with Crippen LogP contribution in [0.15, 0.2) is 0 Å². The van der Waals surface area contributed by atoms with Crippen LogP contribution in [0.3, 0.4) is 0 Å². The van der Waals surface area contributed by atoms with Crippen molar-refractivity contribution in [3.63, 3.8) is 0 Å². The van der Waals surface area contributed by atoms with Crippen molar-refractivity contribution in [3.8, 4) is 0 Å². The van der Waals surface area contributed by atoms with Gasteiger partial charge in [0.05, 0.1) is 5.37 Å². The van der Waals surface area contributed by atoms with Gasteiger partial charge in [-0.3, -0.25) is 4.90 Å².